The lowest BCUT2D eigenvalue weighted by Crippen LogP contribution is -2.50. The number of likely N-dealkylation sites (tertiary alicyclic amines) is 1. The predicted molar refractivity (Wildman–Crippen MR) is 118 cm³/mol. The summed E-state index contributed by atoms with van der Waals surface area (Å²) < 4.78 is 98.2. The van der Waals surface area contributed by atoms with Crippen molar-refractivity contribution in [3.8, 4) is 12.3 Å². The number of carbonyl (C=O) groups excluding carboxylic acids is 2. The van der Waals surface area contributed by atoms with E-state index < -0.39 is 70.7 Å². The van der Waals surface area contributed by atoms with Crippen LogP contribution < -0.4 is 5.32 Å². The summed E-state index contributed by atoms with van der Waals surface area (Å²) in [6.07, 6.45) is -3.24. The molecule has 3 heterocycles. The first-order valence-corrected chi connectivity index (χ1v) is 11.3. The van der Waals surface area contributed by atoms with Crippen LogP contribution in [0.15, 0.2) is 36.5 Å². The number of halogens is 7. The lowest BCUT2D eigenvalue weighted by molar-refractivity contribution is -0.138. The number of nitrogens with one attached hydrogen (secondary N) is 1. The van der Waals surface area contributed by atoms with Crippen LogP contribution in [0.2, 0.25) is 0 Å². The first-order valence-electron chi connectivity index (χ1n) is 11.3. The van der Waals surface area contributed by atoms with Crippen LogP contribution in [0.5, 0.6) is 0 Å². The molecule has 1 aromatic heterocycles. The Bertz CT molecular complexity index is 1270. The molecule has 4 rings (SSSR count). The second-order valence-electron chi connectivity index (χ2n) is 9.02. The van der Waals surface area contributed by atoms with Gasteiger partial charge < -0.3 is 15.0 Å². The van der Waals surface area contributed by atoms with Crippen LogP contribution in [0.1, 0.15) is 39.6 Å². The molecule has 0 radical (unpaired) electrons. The number of benzene rings is 1. The lowest BCUT2D eigenvalue weighted by atomic mass is 9.90. The molecule has 6 nitrogen and oxygen atoms in total. The maximum absolute atomic E-state index is 14.8. The van der Waals surface area contributed by atoms with Crippen molar-refractivity contribution in [3.05, 3.63) is 64.7 Å². The van der Waals surface area contributed by atoms with Gasteiger partial charge in [-0.05, 0) is 30.7 Å². The number of rotatable bonds is 5. The fourth-order valence-electron chi connectivity index (χ4n) is 4.40. The van der Waals surface area contributed by atoms with Gasteiger partial charge in [0.1, 0.15) is 17.6 Å². The summed E-state index contributed by atoms with van der Waals surface area (Å²) in [6.45, 7) is 0.0525. The van der Waals surface area contributed by atoms with Crippen molar-refractivity contribution in [2.75, 3.05) is 19.8 Å². The van der Waals surface area contributed by atoms with Gasteiger partial charge in [0.05, 0.1) is 30.4 Å². The van der Waals surface area contributed by atoms with E-state index in [-0.39, 0.29) is 31.7 Å². The summed E-state index contributed by atoms with van der Waals surface area (Å²) in [5.74, 6) is -1.59. The molecule has 0 unspecified atom stereocenters. The van der Waals surface area contributed by atoms with Crippen LogP contribution in [0, 0.1) is 30.0 Å². The summed E-state index contributed by atoms with van der Waals surface area (Å²) in [7, 11) is 0. The van der Waals surface area contributed by atoms with Crippen LogP contribution in [0.25, 0.3) is 0 Å². The van der Waals surface area contributed by atoms with E-state index in [4.69, 9.17) is 11.2 Å². The van der Waals surface area contributed by atoms with E-state index in [2.05, 4.69) is 16.2 Å². The highest BCUT2D eigenvalue weighted by Crippen LogP contribution is 2.36. The fraction of sp³-hybridized carbons (Fsp3) is 0.400. The molecule has 2 aromatic rings. The standard InChI is InChI=1S/C25H20F7N3O3/c1-2-13-7-20(35(10-13)23(37)19-9-16(5-6-33-19)25(30,31)32)22(36)34-21(14-11-38-12-14)17-4-3-15(8-18(17)26)24(27,28)29/h1,3-6,8-9,13-14,20-21H,7,10-12H2,(H,34,36)/t13-,20-,21-/m1/s1. The van der Waals surface area contributed by atoms with Gasteiger partial charge in [-0.1, -0.05) is 6.07 Å². The van der Waals surface area contributed by atoms with Crippen molar-refractivity contribution >= 4 is 11.8 Å². The van der Waals surface area contributed by atoms with E-state index in [1.807, 2.05) is 0 Å². The van der Waals surface area contributed by atoms with Gasteiger partial charge in [0.15, 0.2) is 0 Å². The quantitative estimate of drug-likeness (QED) is 0.453. The van der Waals surface area contributed by atoms with E-state index in [0.717, 1.165) is 17.2 Å². The molecule has 0 bridgehead atoms. The number of terminal acetylenes is 1. The lowest BCUT2D eigenvalue weighted by Gasteiger charge is -2.36. The monoisotopic (exact) mass is 543 g/mol. The zero-order valence-electron chi connectivity index (χ0n) is 19.4. The van der Waals surface area contributed by atoms with E-state index in [9.17, 15) is 40.3 Å². The number of amides is 2. The molecule has 2 fully saturated rings. The molecule has 1 aromatic carbocycles. The summed E-state index contributed by atoms with van der Waals surface area (Å²) in [6, 6.07) is 0.873. The van der Waals surface area contributed by atoms with E-state index in [0.29, 0.717) is 24.3 Å². The van der Waals surface area contributed by atoms with Gasteiger partial charge in [0.2, 0.25) is 5.91 Å². The molecule has 2 aliphatic heterocycles. The Morgan fingerprint density at radius 1 is 1.08 bits per heavy atom. The first kappa shape index (κ1) is 27.4. The van der Waals surface area contributed by atoms with Crippen molar-refractivity contribution in [1.82, 2.24) is 15.2 Å². The van der Waals surface area contributed by atoms with Crippen LogP contribution in [-0.2, 0) is 21.9 Å². The van der Waals surface area contributed by atoms with Crippen LogP contribution in [-0.4, -0.2) is 47.5 Å². The van der Waals surface area contributed by atoms with Crippen molar-refractivity contribution in [3.63, 3.8) is 0 Å². The van der Waals surface area contributed by atoms with Crippen molar-refractivity contribution in [1.29, 1.82) is 0 Å². The number of hydrogen-bond acceptors (Lipinski definition) is 4. The Labute approximate surface area is 212 Å². The molecule has 0 spiro atoms. The minimum absolute atomic E-state index is 0.0313. The minimum atomic E-state index is -4.77. The van der Waals surface area contributed by atoms with Gasteiger partial charge in [0, 0.05) is 30.1 Å². The predicted octanol–water partition coefficient (Wildman–Crippen LogP) is 4.23. The third kappa shape index (κ3) is 5.60. The Morgan fingerprint density at radius 2 is 1.74 bits per heavy atom. The highest BCUT2D eigenvalue weighted by Gasteiger charge is 2.43. The zero-order valence-corrected chi connectivity index (χ0v) is 19.4. The molecule has 38 heavy (non-hydrogen) atoms. The van der Waals surface area contributed by atoms with E-state index in [1.54, 1.807) is 0 Å². The van der Waals surface area contributed by atoms with Crippen LogP contribution in [0.4, 0.5) is 30.7 Å². The molecule has 202 valence electrons. The topological polar surface area (TPSA) is 71.5 Å². The molecule has 0 saturated carbocycles. The van der Waals surface area contributed by atoms with Gasteiger partial charge in [0.25, 0.3) is 5.91 Å². The average molecular weight is 543 g/mol. The third-order valence-electron chi connectivity index (χ3n) is 6.50. The molecule has 1 N–H and O–H groups in total. The largest absolute Gasteiger partial charge is 0.416 e. The fourth-order valence-corrected chi connectivity index (χ4v) is 4.40. The molecule has 2 saturated heterocycles. The third-order valence-corrected chi connectivity index (χ3v) is 6.50. The van der Waals surface area contributed by atoms with Crippen molar-refractivity contribution in [2.45, 2.75) is 30.9 Å². The maximum Gasteiger partial charge on any atom is 0.416 e. The Balaban J connectivity index is 1.60. The molecule has 2 amide bonds. The van der Waals surface area contributed by atoms with Gasteiger partial charge in [-0.3, -0.25) is 14.6 Å². The van der Waals surface area contributed by atoms with Crippen molar-refractivity contribution < 1.29 is 45.1 Å². The van der Waals surface area contributed by atoms with Gasteiger partial charge >= 0.3 is 12.4 Å². The number of ether oxygens (including phenoxy) is 1. The second-order valence-corrected chi connectivity index (χ2v) is 9.02. The van der Waals surface area contributed by atoms with Gasteiger partial charge in [-0.2, -0.15) is 26.3 Å². The summed E-state index contributed by atoms with van der Waals surface area (Å²) in [5.41, 5.74) is -3.06. The van der Waals surface area contributed by atoms with Crippen LogP contribution >= 0.6 is 0 Å². The maximum atomic E-state index is 14.8. The number of aromatic nitrogens is 1. The molecular weight excluding hydrogens is 523 g/mol. The summed E-state index contributed by atoms with van der Waals surface area (Å²) in [5, 5.41) is 2.59. The Hall–Kier alpha value is -3.66. The average Bonchev–Trinajstić information content (AvgIpc) is 3.26. The SMILES string of the molecule is C#C[C@@H]1C[C@H](C(=O)N[C@@H](c2ccc(C(F)(F)F)cc2F)C2COC2)N(C(=O)c2cc(C(F)(F)F)ccn2)C1. The first-order chi connectivity index (χ1) is 17.8. The second kappa shape index (κ2) is 10.2. The normalized spacial score (nSPS) is 20.9. The zero-order chi connectivity index (χ0) is 27.8. The van der Waals surface area contributed by atoms with Gasteiger partial charge in [-0.25, -0.2) is 4.39 Å². The smallest absolute Gasteiger partial charge is 0.381 e. The molecule has 2 aliphatic rings. The van der Waals surface area contributed by atoms with Crippen molar-refractivity contribution in [2.24, 2.45) is 11.8 Å². The molecule has 3 atom stereocenters. The number of pyridine rings is 1. The summed E-state index contributed by atoms with van der Waals surface area (Å²) >= 11 is 0. The summed E-state index contributed by atoms with van der Waals surface area (Å²) in [4.78, 5) is 31.1. The number of hydrogen-bond donors (Lipinski definition) is 1. The Kier molecular flexibility index (Phi) is 7.38. The van der Waals surface area contributed by atoms with Gasteiger partial charge in [-0.15, -0.1) is 12.3 Å². The molecule has 0 aliphatic carbocycles. The molecule has 13 heteroatoms. The van der Waals surface area contributed by atoms with Crippen LogP contribution in [0.3, 0.4) is 0 Å². The van der Waals surface area contributed by atoms with E-state index in [1.165, 1.54) is 0 Å². The molecular formula is C25H20F7N3O3. The highest BCUT2D eigenvalue weighted by atomic mass is 19.4. The number of alkyl halides is 6. The van der Waals surface area contributed by atoms with E-state index >= 15 is 0 Å². The minimum Gasteiger partial charge on any atom is -0.381 e. The highest BCUT2D eigenvalue weighted by molar-refractivity contribution is 5.97. The Morgan fingerprint density at radius 3 is 2.29 bits per heavy atom. The number of carbonyl (C=O) groups is 2. The number of nitrogens with zero attached hydrogens (tertiary/aromatic N) is 2.